The second-order valence-corrected chi connectivity index (χ2v) is 26.6. The van der Waals surface area contributed by atoms with Gasteiger partial charge < -0.3 is 0 Å². The highest BCUT2D eigenvalue weighted by molar-refractivity contribution is 6.42. The van der Waals surface area contributed by atoms with Crippen LogP contribution in [-0.2, 0) is 0 Å². The molecule has 0 aliphatic rings. The van der Waals surface area contributed by atoms with Gasteiger partial charge in [-0.2, -0.15) is 0 Å². The van der Waals surface area contributed by atoms with Gasteiger partial charge in [0.2, 0.25) is 0 Å². The van der Waals surface area contributed by atoms with Crippen LogP contribution < -0.4 is 0 Å². The molecule has 0 spiro atoms. The van der Waals surface area contributed by atoms with Crippen LogP contribution in [0.15, 0.2) is 341 Å². The van der Waals surface area contributed by atoms with Gasteiger partial charge >= 0.3 is 0 Å². The standard InChI is InChI=1S/C25H15N.2C24H14N2.C23H13N3/c1-4-11-19-16(8-1)17-9-2-6-13-21(17)24-23(19)20-12-5-3-10-18(20)22-14-7-15-26-25(22)24;1-3-9-17-15(7-1)16-8-2-4-10-18(16)22-21(17)19-11-5-13-25-23(19)20-12-6-14-26-24(20)22;1-3-9-17-15(7-1)16-8-2-4-10-18(16)22-21(17)23-19(11-5-13-25-23)20-12-6-14-26-24(20)22;1-3-8-16-14(6-1)15-7-2-4-9-17(15)20-19(16)21-18(10-5-11-24-21)22-23(20)26-13-12-25-22/h1-15H;2*1-14H;1-13H. The van der Waals surface area contributed by atoms with Crippen LogP contribution in [0.25, 0.3) is 216 Å². The van der Waals surface area contributed by atoms with Crippen LogP contribution in [0.4, 0.5) is 0 Å². The van der Waals surface area contributed by atoms with Crippen molar-refractivity contribution in [3.8, 4) is 0 Å². The number of aromatic nitrogens is 8. The van der Waals surface area contributed by atoms with Crippen molar-refractivity contribution in [3.05, 3.63) is 341 Å². The van der Waals surface area contributed by atoms with Gasteiger partial charge in [-0.1, -0.05) is 243 Å². The van der Waals surface area contributed by atoms with Gasteiger partial charge in [0.15, 0.2) is 0 Å². The summed E-state index contributed by atoms with van der Waals surface area (Å²) in [5.74, 6) is 0. The third-order valence-corrected chi connectivity index (χ3v) is 21.3. The van der Waals surface area contributed by atoms with E-state index in [1.807, 2.05) is 73.6 Å². The molecule has 7 aromatic heterocycles. The van der Waals surface area contributed by atoms with Gasteiger partial charge in [-0.3, -0.25) is 39.9 Å². The Bertz CT molecular complexity index is 5950. The molecule has 0 amide bonds. The summed E-state index contributed by atoms with van der Waals surface area (Å²) in [5, 5.41) is 39.2. The molecule has 0 saturated carbocycles. The monoisotopic (exact) mass is 1320 g/mol. The van der Waals surface area contributed by atoms with Crippen molar-refractivity contribution in [3.63, 3.8) is 0 Å². The molecule has 0 saturated heterocycles. The number of nitrogens with zero attached hydrogens (tertiary/aromatic N) is 8. The van der Waals surface area contributed by atoms with Crippen molar-refractivity contribution >= 4 is 216 Å². The van der Waals surface area contributed by atoms with Crippen molar-refractivity contribution in [2.24, 2.45) is 0 Å². The van der Waals surface area contributed by atoms with Crippen molar-refractivity contribution in [1.29, 1.82) is 0 Å². The third-order valence-electron chi connectivity index (χ3n) is 21.3. The van der Waals surface area contributed by atoms with E-state index in [4.69, 9.17) is 34.9 Å². The average molecular weight is 1320 g/mol. The Kier molecular flexibility index (Phi) is 13.5. The Labute approximate surface area is 593 Å². The molecule has 104 heavy (non-hydrogen) atoms. The molecule has 480 valence electrons. The van der Waals surface area contributed by atoms with Gasteiger partial charge in [0.25, 0.3) is 0 Å². The topological polar surface area (TPSA) is 103 Å². The van der Waals surface area contributed by atoms with Crippen molar-refractivity contribution in [2.75, 3.05) is 0 Å². The molecule has 0 fully saturated rings. The lowest BCUT2D eigenvalue weighted by Gasteiger charge is -2.15. The zero-order chi connectivity index (χ0) is 68.3. The summed E-state index contributed by atoms with van der Waals surface area (Å²) in [4.78, 5) is 38.0. The van der Waals surface area contributed by atoms with Gasteiger partial charge in [-0.15, -0.1) is 0 Å². The first-order chi connectivity index (χ1) is 51.7. The van der Waals surface area contributed by atoms with Crippen molar-refractivity contribution in [1.82, 2.24) is 39.9 Å². The molecule has 8 heteroatoms. The predicted octanol–water partition coefficient (Wildman–Crippen LogP) is 25.0. The van der Waals surface area contributed by atoms with E-state index < -0.39 is 0 Å². The molecule has 24 rings (SSSR count). The molecule has 0 aliphatic carbocycles. The molecule has 0 bridgehead atoms. The number of fused-ring (bicyclic) bond motifs is 44. The summed E-state index contributed by atoms with van der Waals surface area (Å²) in [6.07, 6.45) is 14.8. The first-order valence-electron chi connectivity index (χ1n) is 35.1. The molecule has 7 heterocycles. The van der Waals surface area contributed by atoms with Crippen LogP contribution in [0.2, 0.25) is 0 Å². The molecule has 0 N–H and O–H groups in total. The molecular formula is C96H56N8. The molecule has 0 aliphatic heterocycles. The van der Waals surface area contributed by atoms with E-state index in [1.54, 1.807) is 12.4 Å². The SMILES string of the molecule is c1ccc2c(c1)c1ccccc1c1c3ncccc3c3ccccc3c21.c1ccc2c(c1)c1ccccc1c1c3ncccc3c3cccnc3c21.c1ccc2c(c1)c1ccccc1c1c3ncccc3c3ncccc3c21.c1ccc2c(c1)c1ccccc1c1c3nccnc3c3cccnc3c21. The normalized spacial score (nSPS) is 11.8. The zero-order valence-corrected chi connectivity index (χ0v) is 55.9. The van der Waals surface area contributed by atoms with Crippen molar-refractivity contribution in [2.45, 2.75) is 0 Å². The quantitative estimate of drug-likeness (QED) is 0.138. The van der Waals surface area contributed by atoms with E-state index in [2.05, 4.69) is 260 Å². The lowest BCUT2D eigenvalue weighted by Crippen LogP contribution is -1.92. The van der Waals surface area contributed by atoms with Gasteiger partial charge in [0, 0.05) is 125 Å². The smallest absolute Gasteiger partial charge is 0.0987 e. The zero-order valence-electron chi connectivity index (χ0n) is 55.9. The fourth-order valence-electron chi connectivity index (χ4n) is 17.1. The second-order valence-electron chi connectivity index (χ2n) is 26.6. The molecule has 24 aromatic rings. The maximum Gasteiger partial charge on any atom is 0.0987 e. The summed E-state index contributed by atoms with van der Waals surface area (Å²) in [6.45, 7) is 0. The van der Waals surface area contributed by atoms with E-state index in [1.165, 1.54) is 140 Å². The Balaban J connectivity index is 0.0000000896. The fraction of sp³-hybridized carbons (Fsp3) is 0. The van der Waals surface area contributed by atoms with Gasteiger partial charge in [0.1, 0.15) is 0 Å². The van der Waals surface area contributed by atoms with E-state index in [9.17, 15) is 0 Å². The highest BCUT2D eigenvalue weighted by Gasteiger charge is 2.22. The maximum absolute atomic E-state index is 4.82. The van der Waals surface area contributed by atoms with Gasteiger partial charge in [0.05, 0.1) is 44.1 Å². The van der Waals surface area contributed by atoms with E-state index in [0.717, 1.165) is 76.5 Å². The number of rotatable bonds is 0. The number of hydrogen-bond donors (Lipinski definition) is 0. The van der Waals surface area contributed by atoms with Crippen LogP contribution in [0.3, 0.4) is 0 Å². The Hall–Kier alpha value is -14.1. The van der Waals surface area contributed by atoms with Crippen LogP contribution in [-0.4, -0.2) is 39.9 Å². The Morgan fingerprint density at radius 2 is 0.260 bits per heavy atom. The largest absolute Gasteiger partial charge is 0.256 e. The number of pyridine rings is 6. The first-order valence-corrected chi connectivity index (χ1v) is 35.1. The van der Waals surface area contributed by atoms with E-state index >= 15 is 0 Å². The molecule has 0 radical (unpaired) electrons. The van der Waals surface area contributed by atoms with Crippen LogP contribution >= 0.6 is 0 Å². The lowest BCUT2D eigenvalue weighted by atomic mass is 9.89. The molecule has 0 unspecified atom stereocenters. The third kappa shape index (κ3) is 8.85. The molecule has 0 atom stereocenters. The van der Waals surface area contributed by atoms with Gasteiger partial charge in [-0.25, -0.2) is 0 Å². The summed E-state index contributed by atoms with van der Waals surface area (Å²) >= 11 is 0. The van der Waals surface area contributed by atoms with Crippen LogP contribution in [0.1, 0.15) is 0 Å². The lowest BCUT2D eigenvalue weighted by molar-refractivity contribution is 1.31. The summed E-state index contributed by atoms with van der Waals surface area (Å²) in [6, 6.07) is 103. The van der Waals surface area contributed by atoms with E-state index in [-0.39, 0.29) is 0 Å². The fourth-order valence-corrected chi connectivity index (χ4v) is 17.1. The average Bonchev–Trinajstić information content (AvgIpc) is 0.733. The number of hydrogen-bond acceptors (Lipinski definition) is 8. The summed E-state index contributed by atoms with van der Waals surface area (Å²) in [5.41, 5.74) is 8.04. The summed E-state index contributed by atoms with van der Waals surface area (Å²) in [7, 11) is 0. The van der Waals surface area contributed by atoms with Gasteiger partial charge in [-0.05, 0) is 145 Å². The highest BCUT2D eigenvalue weighted by atomic mass is 14.8. The molecule has 17 aromatic carbocycles. The van der Waals surface area contributed by atoms with E-state index in [0.29, 0.717) is 0 Å². The van der Waals surface area contributed by atoms with Crippen LogP contribution in [0, 0.1) is 0 Å². The second kappa shape index (κ2) is 23.8. The Morgan fingerprint density at radius 3 is 0.567 bits per heavy atom. The molecule has 8 nitrogen and oxygen atoms in total. The maximum atomic E-state index is 4.82. The van der Waals surface area contributed by atoms with Crippen molar-refractivity contribution < 1.29 is 0 Å². The van der Waals surface area contributed by atoms with Crippen LogP contribution in [0.5, 0.6) is 0 Å². The Morgan fingerprint density at radius 1 is 0.0962 bits per heavy atom. The minimum atomic E-state index is 0.906. The minimum absolute atomic E-state index is 0.906. The first kappa shape index (κ1) is 58.8. The minimum Gasteiger partial charge on any atom is -0.256 e. The summed E-state index contributed by atoms with van der Waals surface area (Å²) < 4.78 is 0. The highest BCUT2D eigenvalue weighted by Crippen LogP contribution is 2.48. The number of benzene rings is 17. The molecular weight excluding hydrogens is 1270 g/mol. The predicted molar refractivity (Wildman–Crippen MR) is 438 cm³/mol.